The van der Waals surface area contributed by atoms with Crippen LogP contribution in [-0.2, 0) is 4.79 Å². The van der Waals surface area contributed by atoms with Crippen LogP contribution in [0.2, 0.25) is 0 Å². The number of methoxy groups -OCH3 is 1. The Balaban J connectivity index is 1.63. The van der Waals surface area contributed by atoms with E-state index in [9.17, 15) is 14.0 Å². The number of anilines is 1. The SMILES string of the molecule is COc1ccc(-c2nnc(SCC(=O)c3ccc(NC(C)=O)cc3F)o2)cc1. The molecule has 1 amide bonds. The molecule has 3 aromatic rings. The lowest BCUT2D eigenvalue weighted by Gasteiger charge is -2.05. The van der Waals surface area contributed by atoms with Crippen molar-refractivity contribution in [2.45, 2.75) is 12.1 Å². The van der Waals surface area contributed by atoms with Crippen LogP contribution in [0.4, 0.5) is 10.1 Å². The van der Waals surface area contributed by atoms with E-state index in [1.165, 1.54) is 19.1 Å². The Kier molecular flexibility index (Phi) is 6.05. The number of nitrogens with zero attached hydrogens (tertiary/aromatic N) is 2. The van der Waals surface area contributed by atoms with Gasteiger partial charge in [0.1, 0.15) is 11.6 Å². The molecule has 1 heterocycles. The van der Waals surface area contributed by atoms with Gasteiger partial charge >= 0.3 is 0 Å². The number of nitrogens with one attached hydrogen (secondary N) is 1. The van der Waals surface area contributed by atoms with Crippen LogP contribution in [0.5, 0.6) is 5.75 Å². The molecule has 0 aliphatic carbocycles. The molecule has 0 radical (unpaired) electrons. The second-order valence-electron chi connectivity index (χ2n) is 5.69. The average molecular weight is 401 g/mol. The predicted molar refractivity (Wildman–Crippen MR) is 102 cm³/mol. The lowest BCUT2D eigenvalue weighted by molar-refractivity contribution is -0.114. The fourth-order valence-electron chi connectivity index (χ4n) is 2.35. The number of thioether (sulfide) groups is 1. The number of aromatic nitrogens is 2. The monoisotopic (exact) mass is 401 g/mol. The van der Waals surface area contributed by atoms with Crippen LogP contribution in [-0.4, -0.2) is 34.8 Å². The number of rotatable bonds is 7. The van der Waals surface area contributed by atoms with Crippen LogP contribution in [0.15, 0.2) is 52.1 Å². The predicted octanol–water partition coefficient (Wildman–Crippen LogP) is 3.82. The molecule has 1 N–H and O–H groups in total. The zero-order valence-electron chi connectivity index (χ0n) is 15.1. The molecule has 7 nitrogen and oxygen atoms in total. The van der Waals surface area contributed by atoms with Crippen molar-refractivity contribution in [3.8, 4) is 17.2 Å². The highest BCUT2D eigenvalue weighted by molar-refractivity contribution is 7.99. The Hall–Kier alpha value is -3.20. The number of hydrogen-bond acceptors (Lipinski definition) is 7. The number of ketones is 1. The van der Waals surface area contributed by atoms with Crippen molar-refractivity contribution in [1.82, 2.24) is 10.2 Å². The number of Topliss-reactive ketones (excluding diaryl/α,β-unsaturated/α-hetero) is 1. The Morgan fingerprint density at radius 3 is 2.57 bits per heavy atom. The minimum Gasteiger partial charge on any atom is -0.497 e. The molecule has 0 saturated carbocycles. The highest BCUT2D eigenvalue weighted by Gasteiger charge is 2.16. The Morgan fingerprint density at radius 2 is 1.93 bits per heavy atom. The van der Waals surface area contributed by atoms with Gasteiger partial charge < -0.3 is 14.5 Å². The fraction of sp³-hybridized carbons (Fsp3) is 0.158. The lowest BCUT2D eigenvalue weighted by Crippen LogP contribution is -2.09. The third kappa shape index (κ3) is 4.74. The number of amides is 1. The summed E-state index contributed by atoms with van der Waals surface area (Å²) in [4.78, 5) is 23.3. The molecule has 0 aliphatic rings. The molecular formula is C19H16FN3O4S. The summed E-state index contributed by atoms with van der Waals surface area (Å²) in [5, 5.41) is 10.5. The van der Waals surface area contributed by atoms with Crippen molar-refractivity contribution in [2.75, 3.05) is 18.2 Å². The molecule has 28 heavy (non-hydrogen) atoms. The zero-order valence-corrected chi connectivity index (χ0v) is 15.9. The second-order valence-corrected chi connectivity index (χ2v) is 6.62. The molecule has 2 aromatic carbocycles. The normalized spacial score (nSPS) is 10.5. The van der Waals surface area contributed by atoms with Gasteiger partial charge in [-0.25, -0.2) is 4.39 Å². The van der Waals surface area contributed by atoms with E-state index in [2.05, 4.69) is 15.5 Å². The van der Waals surface area contributed by atoms with Gasteiger partial charge in [0.25, 0.3) is 5.22 Å². The molecule has 0 atom stereocenters. The van der Waals surface area contributed by atoms with Crippen molar-refractivity contribution in [2.24, 2.45) is 0 Å². The number of carbonyl (C=O) groups excluding carboxylic acids is 2. The first kappa shape index (κ1) is 19.6. The molecule has 1 aromatic heterocycles. The maximum atomic E-state index is 14.1. The van der Waals surface area contributed by atoms with Crippen molar-refractivity contribution in [3.63, 3.8) is 0 Å². The highest BCUT2D eigenvalue weighted by atomic mass is 32.2. The summed E-state index contributed by atoms with van der Waals surface area (Å²) in [5.41, 5.74) is 0.929. The van der Waals surface area contributed by atoms with Gasteiger partial charge in [-0.05, 0) is 42.5 Å². The van der Waals surface area contributed by atoms with Crippen molar-refractivity contribution in [3.05, 3.63) is 53.8 Å². The molecular weight excluding hydrogens is 385 g/mol. The molecule has 0 spiro atoms. The molecule has 0 aliphatic heterocycles. The van der Waals surface area contributed by atoms with E-state index >= 15 is 0 Å². The fourth-order valence-corrected chi connectivity index (χ4v) is 2.99. The van der Waals surface area contributed by atoms with Crippen LogP contribution in [0.25, 0.3) is 11.5 Å². The maximum absolute atomic E-state index is 14.1. The van der Waals surface area contributed by atoms with Crippen LogP contribution in [0, 0.1) is 5.82 Å². The Labute approximate surface area is 164 Å². The van der Waals surface area contributed by atoms with Gasteiger partial charge in [0, 0.05) is 18.2 Å². The van der Waals surface area contributed by atoms with Crippen molar-refractivity contribution < 1.29 is 23.1 Å². The Morgan fingerprint density at radius 1 is 1.18 bits per heavy atom. The van der Waals surface area contributed by atoms with Gasteiger partial charge in [0.2, 0.25) is 11.8 Å². The lowest BCUT2D eigenvalue weighted by atomic mass is 10.1. The minimum absolute atomic E-state index is 0.0688. The van der Waals surface area contributed by atoms with E-state index in [4.69, 9.17) is 9.15 Å². The van der Waals surface area contributed by atoms with E-state index in [1.807, 2.05) is 0 Å². The first-order valence-electron chi connectivity index (χ1n) is 8.17. The van der Waals surface area contributed by atoms with Crippen molar-refractivity contribution in [1.29, 1.82) is 0 Å². The van der Waals surface area contributed by atoms with Gasteiger partial charge in [-0.1, -0.05) is 11.8 Å². The topological polar surface area (TPSA) is 94.3 Å². The number of halogens is 1. The van der Waals surface area contributed by atoms with Gasteiger partial charge in [0.15, 0.2) is 5.78 Å². The smallest absolute Gasteiger partial charge is 0.277 e. The summed E-state index contributed by atoms with van der Waals surface area (Å²) < 4.78 is 24.7. The molecule has 3 rings (SSSR count). The highest BCUT2D eigenvalue weighted by Crippen LogP contribution is 2.26. The first-order chi connectivity index (χ1) is 13.5. The third-order valence-corrected chi connectivity index (χ3v) is 4.48. The Bertz CT molecular complexity index is 1000. The van der Waals surface area contributed by atoms with Crippen molar-refractivity contribution >= 4 is 29.1 Å². The molecule has 9 heteroatoms. The van der Waals surface area contributed by atoms with Crippen LogP contribution >= 0.6 is 11.8 Å². The number of benzene rings is 2. The molecule has 0 unspecified atom stereocenters. The van der Waals surface area contributed by atoms with E-state index in [0.29, 0.717) is 17.2 Å². The van der Waals surface area contributed by atoms with E-state index < -0.39 is 11.6 Å². The van der Waals surface area contributed by atoms with E-state index in [0.717, 1.165) is 17.8 Å². The van der Waals surface area contributed by atoms with Crippen LogP contribution < -0.4 is 10.1 Å². The molecule has 0 bridgehead atoms. The summed E-state index contributed by atoms with van der Waals surface area (Å²) in [6, 6.07) is 11.0. The largest absolute Gasteiger partial charge is 0.497 e. The third-order valence-electron chi connectivity index (χ3n) is 3.66. The quantitative estimate of drug-likeness (QED) is 0.475. The van der Waals surface area contributed by atoms with Gasteiger partial charge in [0.05, 0.1) is 18.4 Å². The molecule has 0 saturated heterocycles. The summed E-state index contributed by atoms with van der Waals surface area (Å²) >= 11 is 1.02. The van der Waals surface area contributed by atoms with Crippen LogP contribution in [0.3, 0.4) is 0 Å². The standard InChI is InChI=1S/C19H16FN3O4S/c1-11(24)21-13-5-8-15(16(20)9-13)17(25)10-28-19-23-22-18(27-19)12-3-6-14(26-2)7-4-12/h3-9H,10H2,1-2H3,(H,21,24). The van der Waals surface area contributed by atoms with Crippen LogP contribution in [0.1, 0.15) is 17.3 Å². The zero-order chi connectivity index (χ0) is 20.1. The van der Waals surface area contributed by atoms with Gasteiger partial charge in [-0.3, -0.25) is 9.59 Å². The van der Waals surface area contributed by atoms with E-state index in [-0.39, 0.29) is 28.1 Å². The van der Waals surface area contributed by atoms with Gasteiger partial charge in [-0.15, -0.1) is 10.2 Å². The number of carbonyl (C=O) groups is 2. The summed E-state index contributed by atoms with van der Waals surface area (Å²) in [5.74, 6) is -0.514. The average Bonchev–Trinajstić information content (AvgIpc) is 3.15. The summed E-state index contributed by atoms with van der Waals surface area (Å²) in [6.45, 7) is 1.32. The van der Waals surface area contributed by atoms with Gasteiger partial charge in [-0.2, -0.15) is 0 Å². The molecule has 0 fully saturated rings. The maximum Gasteiger partial charge on any atom is 0.277 e. The van der Waals surface area contributed by atoms with E-state index in [1.54, 1.807) is 31.4 Å². The number of hydrogen-bond donors (Lipinski definition) is 1. The summed E-state index contributed by atoms with van der Waals surface area (Å²) in [7, 11) is 1.57. The summed E-state index contributed by atoms with van der Waals surface area (Å²) in [6.07, 6.45) is 0. The number of ether oxygens (including phenoxy) is 1. The minimum atomic E-state index is -0.707. The molecule has 144 valence electrons. The second kappa shape index (κ2) is 8.66. The first-order valence-corrected chi connectivity index (χ1v) is 9.16.